The van der Waals surface area contributed by atoms with Crippen LogP contribution in [-0.4, -0.2) is 31.2 Å². The van der Waals surface area contributed by atoms with E-state index in [1.807, 2.05) is 12.1 Å². The highest BCUT2D eigenvalue weighted by Gasteiger charge is 2.17. The fourth-order valence-electron chi connectivity index (χ4n) is 2.74. The van der Waals surface area contributed by atoms with Gasteiger partial charge in [0.15, 0.2) is 0 Å². The van der Waals surface area contributed by atoms with Crippen molar-refractivity contribution in [2.75, 3.05) is 41.4 Å². The lowest BCUT2D eigenvalue weighted by Gasteiger charge is -2.37. The summed E-state index contributed by atoms with van der Waals surface area (Å²) in [5.41, 5.74) is 6.39. The Labute approximate surface area is 125 Å². The lowest BCUT2D eigenvalue weighted by atomic mass is 10.2. The van der Waals surface area contributed by atoms with E-state index in [2.05, 4.69) is 51.4 Å². The van der Waals surface area contributed by atoms with E-state index in [-0.39, 0.29) is 0 Å². The molecule has 0 unspecified atom stereocenters. The Hall–Kier alpha value is -2.27. The summed E-state index contributed by atoms with van der Waals surface area (Å²) in [6.07, 6.45) is 1.79. The summed E-state index contributed by atoms with van der Waals surface area (Å²) >= 11 is 0. The molecule has 5 nitrogen and oxygen atoms in total. The number of hydrazine groups is 1. The van der Waals surface area contributed by atoms with Crippen molar-refractivity contribution in [3.05, 3.63) is 48.2 Å². The first-order valence-corrected chi connectivity index (χ1v) is 7.25. The zero-order chi connectivity index (χ0) is 14.7. The molecule has 0 amide bonds. The minimum Gasteiger partial charge on any atom is -0.368 e. The fourth-order valence-corrected chi connectivity index (χ4v) is 2.74. The lowest BCUT2D eigenvalue weighted by molar-refractivity contribution is 0.653. The van der Waals surface area contributed by atoms with Crippen LogP contribution in [0.4, 0.5) is 17.2 Å². The highest BCUT2D eigenvalue weighted by Crippen LogP contribution is 2.22. The molecule has 5 heteroatoms. The van der Waals surface area contributed by atoms with Gasteiger partial charge in [-0.2, -0.15) is 0 Å². The van der Waals surface area contributed by atoms with Crippen LogP contribution in [0.15, 0.2) is 42.6 Å². The number of nitrogens with one attached hydrogen (secondary N) is 1. The first-order valence-electron chi connectivity index (χ1n) is 7.25. The predicted octanol–water partition coefficient (Wildman–Crippen LogP) is 2.00. The van der Waals surface area contributed by atoms with E-state index >= 15 is 0 Å². The molecule has 1 aliphatic rings. The summed E-state index contributed by atoms with van der Waals surface area (Å²) in [5.74, 6) is 6.12. The van der Waals surface area contributed by atoms with Crippen LogP contribution in [0.3, 0.4) is 0 Å². The molecule has 2 heterocycles. The van der Waals surface area contributed by atoms with Crippen LogP contribution in [0.5, 0.6) is 0 Å². The fraction of sp³-hybridized carbons (Fsp3) is 0.312. The average Bonchev–Trinajstić information content (AvgIpc) is 2.55. The largest absolute Gasteiger partial charge is 0.368 e. The molecule has 3 rings (SSSR count). The van der Waals surface area contributed by atoms with Gasteiger partial charge >= 0.3 is 0 Å². The number of anilines is 3. The van der Waals surface area contributed by atoms with Crippen molar-refractivity contribution < 1.29 is 0 Å². The molecule has 1 aromatic heterocycles. The number of aromatic nitrogens is 1. The number of nitrogen functional groups attached to an aromatic ring is 1. The number of aryl methyl sites for hydroxylation is 1. The molecule has 0 bridgehead atoms. The van der Waals surface area contributed by atoms with Crippen molar-refractivity contribution in [2.24, 2.45) is 5.84 Å². The second kappa shape index (κ2) is 6.01. The standard InChI is InChI=1S/C16H21N5/c1-13-3-2-4-14(11-13)20-7-9-21(10-8-20)15-5-6-18-16(12-15)19-17/h2-6,11-12H,7-10,17H2,1H3,(H,18,19). The molecule has 1 saturated heterocycles. The molecule has 0 saturated carbocycles. The van der Waals surface area contributed by atoms with Gasteiger partial charge in [0.1, 0.15) is 5.82 Å². The van der Waals surface area contributed by atoms with E-state index in [4.69, 9.17) is 5.84 Å². The summed E-state index contributed by atoms with van der Waals surface area (Å²) in [5, 5.41) is 0. The quantitative estimate of drug-likeness (QED) is 0.666. The number of rotatable bonds is 3. The highest BCUT2D eigenvalue weighted by molar-refractivity contribution is 5.56. The van der Waals surface area contributed by atoms with Crippen molar-refractivity contribution in [2.45, 2.75) is 6.92 Å². The zero-order valence-corrected chi connectivity index (χ0v) is 12.3. The molecular formula is C16H21N5. The smallest absolute Gasteiger partial charge is 0.141 e. The SMILES string of the molecule is Cc1cccc(N2CCN(c3ccnc(NN)c3)CC2)c1. The Morgan fingerprint density at radius 3 is 2.29 bits per heavy atom. The maximum Gasteiger partial charge on any atom is 0.141 e. The van der Waals surface area contributed by atoms with E-state index in [9.17, 15) is 0 Å². The Balaban J connectivity index is 1.67. The summed E-state index contributed by atoms with van der Waals surface area (Å²) in [4.78, 5) is 8.96. The number of pyridine rings is 1. The molecule has 1 fully saturated rings. The first-order chi connectivity index (χ1) is 10.3. The van der Waals surface area contributed by atoms with Crippen LogP contribution in [0.25, 0.3) is 0 Å². The maximum absolute atomic E-state index is 5.42. The molecule has 0 aliphatic carbocycles. The van der Waals surface area contributed by atoms with Crippen LogP contribution >= 0.6 is 0 Å². The molecular weight excluding hydrogens is 262 g/mol. The third kappa shape index (κ3) is 3.08. The van der Waals surface area contributed by atoms with Gasteiger partial charge in [-0.15, -0.1) is 0 Å². The third-order valence-corrected chi connectivity index (χ3v) is 3.90. The number of hydrogen-bond acceptors (Lipinski definition) is 5. The number of hydrogen-bond donors (Lipinski definition) is 2. The van der Waals surface area contributed by atoms with Gasteiger partial charge in [-0.3, -0.25) is 0 Å². The lowest BCUT2D eigenvalue weighted by Crippen LogP contribution is -2.46. The van der Waals surface area contributed by atoms with Crippen LogP contribution in [0, 0.1) is 6.92 Å². The number of nitrogens with zero attached hydrogens (tertiary/aromatic N) is 3. The van der Waals surface area contributed by atoms with E-state index in [0.29, 0.717) is 5.82 Å². The first kappa shape index (κ1) is 13.7. The topological polar surface area (TPSA) is 57.4 Å². The van der Waals surface area contributed by atoms with Crippen LogP contribution in [-0.2, 0) is 0 Å². The third-order valence-electron chi connectivity index (χ3n) is 3.90. The summed E-state index contributed by atoms with van der Waals surface area (Å²) in [6.45, 7) is 6.19. The Kier molecular flexibility index (Phi) is 3.92. The van der Waals surface area contributed by atoms with E-state index in [1.54, 1.807) is 6.20 Å². The van der Waals surface area contributed by atoms with E-state index in [1.165, 1.54) is 16.9 Å². The molecule has 2 aromatic rings. The van der Waals surface area contributed by atoms with Gasteiger partial charge in [0.25, 0.3) is 0 Å². The molecule has 0 radical (unpaired) electrons. The van der Waals surface area contributed by atoms with Gasteiger partial charge in [0.05, 0.1) is 0 Å². The van der Waals surface area contributed by atoms with Gasteiger partial charge in [0, 0.05) is 49.8 Å². The van der Waals surface area contributed by atoms with Gasteiger partial charge in [-0.25, -0.2) is 10.8 Å². The minimum atomic E-state index is 0.702. The summed E-state index contributed by atoms with van der Waals surface area (Å²) in [6, 6.07) is 12.7. The predicted molar refractivity (Wildman–Crippen MR) is 87.7 cm³/mol. The van der Waals surface area contributed by atoms with Crippen molar-refractivity contribution in [1.82, 2.24) is 4.98 Å². The van der Waals surface area contributed by atoms with Crippen molar-refractivity contribution >= 4 is 17.2 Å². The molecule has 0 spiro atoms. The van der Waals surface area contributed by atoms with Crippen LogP contribution in [0.2, 0.25) is 0 Å². The molecule has 1 aromatic carbocycles. The Bertz CT molecular complexity index is 605. The van der Waals surface area contributed by atoms with Gasteiger partial charge < -0.3 is 15.2 Å². The molecule has 110 valence electrons. The Morgan fingerprint density at radius 1 is 1.00 bits per heavy atom. The molecule has 0 atom stereocenters. The van der Waals surface area contributed by atoms with Crippen LogP contribution in [0.1, 0.15) is 5.56 Å². The number of piperazine rings is 1. The second-order valence-corrected chi connectivity index (χ2v) is 5.36. The summed E-state index contributed by atoms with van der Waals surface area (Å²) < 4.78 is 0. The van der Waals surface area contributed by atoms with E-state index in [0.717, 1.165) is 26.2 Å². The van der Waals surface area contributed by atoms with Crippen molar-refractivity contribution in [3.63, 3.8) is 0 Å². The van der Waals surface area contributed by atoms with Crippen molar-refractivity contribution in [1.29, 1.82) is 0 Å². The normalized spacial score (nSPS) is 15.1. The van der Waals surface area contributed by atoms with Gasteiger partial charge in [0.2, 0.25) is 0 Å². The van der Waals surface area contributed by atoms with E-state index < -0.39 is 0 Å². The number of nitrogens with two attached hydrogens (primary N) is 1. The molecule has 3 N–H and O–H groups in total. The van der Waals surface area contributed by atoms with Gasteiger partial charge in [-0.1, -0.05) is 12.1 Å². The zero-order valence-electron chi connectivity index (χ0n) is 12.3. The molecule has 1 aliphatic heterocycles. The van der Waals surface area contributed by atoms with Crippen LogP contribution < -0.4 is 21.1 Å². The highest BCUT2D eigenvalue weighted by atomic mass is 15.3. The minimum absolute atomic E-state index is 0.702. The number of benzene rings is 1. The molecule has 21 heavy (non-hydrogen) atoms. The van der Waals surface area contributed by atoms with Gasteiger partial charge in [-0.05, 0) is 30.7 Å². The average molecular weight is 283 g/mol. The Morgan fingerprint density at radius 2 is 1.67 bits per heavy atom. The second-order valence-electron chi connectivity index (χ2n) is 5.36. The summed E-state index contributed by atoms with van der Waals surface area (Å²) in [7, 11) is 0. The van der Waals surface area contributed by atoms with Crippen molar-refractivity contribution in [3.8, 4) is 0 Å². The monoisotopic (exact) mass is 283 g/mol. The maximum atomic E-state index is 5.42.